The van der Waals surface area contributed by atoms with Gasteiger partial charge in [0.2, 0.25) is 0 Å². The van der Waals surface area contributed by atoms with Crippen molar-refractivity contribution in [2.45, 2.75) is 0 Å². The predicted octanol–water partition coefficient (Wildman–Crippen LogP) is 5.81. The van der Waals surface area contributed by atoms with Crippen molar-refractivity contribution in [1.29, 1.82) is 0 Å². The molecule has 0 unspecified atom stereocenters. The van der Waals surface area contributed by atoms with Crippen LogP contribution in [0.3, 0.4) is 0 Å². The highest BCUT2D eigenvalue weighted by Gasteiger charge is 2.01. The van der Waals surface area contributed by atoms with Crippen LogP contribution in [0.2, 0.25) is 10.0 Å². The van der Waals surface area contributed by atoms with E-state index < -0.39 is 0 Å². The van der Waals surface area contributed by atoms with Crippen molar-refractivity contribution in [1.82, 2.24) is 5.43 Å². The number of nitrogens with zero attached hydrogens (tertiary/aromatic N) is 1. The number of anilines is 1. The smallest absolute Gasteiger partial charge is 0.191 e. The van der Waals surface area contributed by atoms with E-state index in [1.807, 2.05) is 24.3 Å². The standard InChI is InChI=1S/C20H15Cl2N3O2S/c21-18-9-4-14(11-19(18)22)24-20(28)25-23-12-13-2-1-3-17(10-13)27-16-7-5-15(26)6-8-16/h1-12,26H,(H2,24,25,28)/b23-12+. The van der Waals surface area contributed by atoms with Crippen molar-refractivity contribution in [3.8, 4) is 17.2 Å². The third kappa shape index (κ3) is 5.85. The molecule has 0 saturated carbocycles. The van der Waals surface area contributed by atoms with Crippen molar-refractivity contribution < 1.29 is 9.84 Å². The summed E-state index contributed by atoms with van der Waals surface area (Å²) in [4.78, 5) is 0. The Balaban J connectivity index is 1.57. The molecule has 5 nitrogen and oxygen atoms in total. The SMILES string of the molecule is Oc1ccc(Oc2cccc(/C=N/NC(=S)Nc3ccc(Cl)c(Cl)c3)c2)cc1. The monoisotopic (exact) mass is 431 g/mol. The first-order valence-electron chi connectivity index (χ1n) is 8.12. The Labute approximate surface area is 177 Å². The minimum Gasteiger partial charge on any atom is -0.508 e. The zero-order valence-electron chi connectivity index (χ0n) is 14.4. The molecule has 0 radical (unpaired) electrons. The summed E-state index contributed by atoms with van der Waals surface area (Å²) < 4.78 is 5.75. The number of hydrogen-bond donors (Lipinski definition) is 3. The molecule has 0 atom stereocenters. The van der Waals surface area contributed by atoms with E-state index in [9.17, 15) is 5.11 Å². The van der Waals surface area contributed by atoms with Crippen LogP contribution in [0, 0.1) is 0 Å². The zero-order valence-corrected chi connectivity index (χ0v) is 16.7. The second-order valence-corrected chi connectivity index (χ2v) is 6.84. The first kappa shape index (κ1) is 19.9. The van der Waals surface area contributed by atoms with Crippen molar-refractivity contribution in [2.75, 3.05) is 5.32 Å². The molecule has 3 N–H and O–H groups in total. The lowest BCUT2D eigenvalue weighted by atomic mass is 10.2. The molecule has 28 heavy (non-hydrogen) atoms. The molecular weight excluding hydrogens is 417 g/mol. The molecular formula is C20H15Cl2N3O2S. The van der Waals surface area contributed by atoms with Crippen LogP contribution in [-0.2, 0) is 0 Å². The largest absolute Gasteiger partial charge is 0.508 e. The quantitative estimate of drug-likeness (QED) is 0.270. The van der Waals surface area contributed by atoms with Crippen molar-refractivity contribution in [3.63, 3.8) is 0 Å². The van der Waals surface area contributed by atoms with Crippen LogP contribution in [0.15, 0.2) is 71.8 Å². The molecule has 142 valence electrons. The summed E-state index contributed by atoms with van der Waals surface area (Å²) in [5, 5.41) is 17.6. The fraction of sp³-hybridized carbons (Fsp3) is 0. The number of aromatic hydroxyl groups is 1. The summed E-state index contributed by atoms with van der Waals surface area (Å²) in [6.45, 7) is 0. The van der Waals surface area contributed by atoms with Crippen molar-refractivity contribution >= 4 is 52.4 Å². The first-order chi connectivity index (χ1) is 13.5. The van der Waals surface area contributed by atoms with Gasteiger partial charge in [0, 0.05) is 5.69 Å². The van der Waals surface area contributed by atoms with Crippen LogP contribution in [-0.4, -0.2) is 16.4 Å². The summed E-state index contributed by atoms with van der Waals surface area (Å²) in [5.41, 5.74) is 4.26. The van der Waals surface area contributed by atoms with Gasteiger partial charge in [0.05, 0.1) is 16.3 Å². The third-order valence-corrected chi connectivity index (χ3v) is 4.42. The van der Waals surface area contributed by atoms with Gasteiger partial charge in [-0.2, -0.15) is 5.10 Å². The molecule has 0 aromatic heterocycles. The summed E-state index contributed by atoms with van der Waals surface area (Å²) >= 11 is 17.1. The second-order valence-electron chi connectivity index (χ2n) is 5.62. The van der Waals surface area contributed by atoms with E-state index in [4.69, 9.17) is 40.2 Å². The number of benzene rings is 3. The van der Waals surface area contributed by atoms with Crippen molar-refractivity contribution in [2.24, 2.45) is 5.10 Å². The van der Waals surface area contributed by atoms with Gasteiger partial charge in [0.1, 0.15) is 17.2 Å². The van der Waals surface area contributed by atoms with E-state index in [-0.39, 0.29) is 5.75 Å². The van der Waals surface area contributed by atoms with Crippen molar-refractivity contribution in [3.05, 3.63) is 82.3 Å². The Morgan fingerprint density at radius 1 is 0.964 bits per heavy atom. The van der Waals surface area contributed by atoms with Crippen LogP contribution in [0.4, 0.5) is 5.69 Å². The zero-order chi connectivity index (χ0) is 19.9. The molecule has 0 aliphatic heterocycles. The van der Waals surface area contributed by atoms with E-state index in [0.717, 1.165) is 5.56 Å². The van der Waals surface area contributed by atoms with E-state index in [1.54, 1.807) is 48.7 Å². The Morgan fingerprint density at radius 2 is 1.75 bits per heavy atom. The Bertz CT molecular complexity index is 1010. The molecule has 0 fully saturated rings. The summed E-state index contributed by atoms with van der Waals surface area (Å²) in [7, 11) is 0. The number of hydrogen-bond acceptors (Lipinski definition) is 4. The average molecular weight is 432 g/mol. The van der Waals surface area contributed by atoms with Gasteiger partial charge in [0.15, 0.2) is 5.11 Å². The van der Waals surface area contributed by atoms with Crippen LogP contribution >= 0.6 is 35.4 Å². The number of ether oxygens (including phenoxy) is 1. The average Bonchev–Trinajstić information content (AvgIpc) is 2.67. The molecule has 3 aromatic rings. The van der Waals surface area contributed by atoms with Gasteiger partial charge < -0.3 is 15.2 Å². The molecule has 0 aliphatic carbocycles. The number of nitrogens with one attached hydrogen (secondary N) is 2. The van der Waals surface area contributed by atoms with E-state index >= 15 is 0 Å². The van der Waals surface area contributed by atoms with Gasteiger partial charge in [-0.1, -0.05) is 35.3 Å². The summed E-state index contributed by atoms with van der Waals surface area (Å²) in [6.07, 6.45) is 1.62. The molecule has 0 amide bonds. The minimum atomic E-state index is 0.185. The lowest BCUT2D eigenvalue weighted by Crippen LogP contribution is -2.23. The molecule has 0 heterocycles. The predicted molar refractivity (Wildman–Crippen MR) is 118 cm³/mol. The maximum Gasteiger partial charge on any atom is 0.191 e. The van der Waals surface area contributed by atoms with Crippen LogP contribution < -0.4 is 15.5 Å². The van der Waals surface area contributed by atoms with Gasteiger partial charge in [-0.15, -0.1) is 0 Å². The summed E-state index contributed by atoms with van der Waals surface area (Å²) in [5.74, 6) is 1.45. The van der Waals surface area contributed by atoms with Gasteiger partial charge in [-0.25, -0.2) is 0 Å². The number of phenols is 1. The fourth-order valence-electron chi connectivity index (χ4n) is 2.21. The van der Waals surface area contributed by atoms with Gasteiger partial charge in [-0.05, 0) is 72.4 Å². The molecule has 8 heteroatoms. The lowest BCUT2D eigenvalue weighted by molar-refractivity contribution is 0.464. The number of hydrazone groups is 1. The number of phenolic OH excluding ortho intramolecular Hbond substituents is 1. The number of rotatable bonds is 5. The van der Waals surface area contributed by atoms with Gasteiger partial charge in [0.25, 0.3) is 0 Å². The van der Waals surface area contributed by atoms with E-state index in [1.165, 1.54) is 0 Å². The lowest BCUT2D eigenvalue weighted by Gasteiger charge is -2.08. The van der Waals surface area contributed by atoms with Crippen LogP contribution in [0.5, 0.6) is 17.2 Å². The Kier molecular flexibility index (Phi) is 6.71. The molecule has 0 saturated heterocycles. The molecule has 0 aliphatic rings. The number of halogens is 2. The normalized spacial score (nSPS) is 10.6. The van der Waals surface area contributed by atoms with Gasteiger partial charge >= 0.3 is 0 Å². The maximum absolute atomic E-state index is 9.32. The first-order valence-corrected chi connectivity index (χ1v) is 9.28. The third-order valence-electron chi connectivity index (χ3n) is 3.49. The highest BCUT2D eigenvalue weighted by molar-refractivity contribution is 7.80. The molecule has 0 spiro atoms. The van der Waals surface area contributed by atoms with E-state index in [0.29, 0.717) is 32.3 Å². The Hall–Kier alpha value is -2.80. The van der Waals surface area contributed by atoms with E-state index in [2.05, 4.69) is 15.8 Å². The maximum atomic E-state index is 9.32. The topological polar surface area (TPSA) is 65.9 Å². The van der Waals surface area contributed by atoms with Crippen LogP contribution in [0.25, 0.3) is 0 Å². The summed E-state index contributed by atoms with van der Waals surface area (Å²) in [6, 6.07) is 19.0. The highest BCUT2D eigenvalue weighted by atomic mass is 35.5. The molecule has 0 bridgehead atoms. The van der Waals surface area contributed by atoms with Crippen LogP contribution in [0.1, 0.15) is 5.56 Å². The fourth-order valence-corrected chi connectivity index (χ4v) is 2.68. The Morgan fingerprint density at radius 3 is 2.50 bits per heavy atom. The number of thiocarbonyl (C=S) groups is 1. The highest BCUT2D eigenvalue weighted by Crippen LogP contribution is 2.25. The van der Waals surface area contributed by atoms with Gasteiger partial charge in [-0.3, -0.25) is 5.43 Å². The molecule has 3 aromatic carbocycles. The molecule has 3 rings (SSSR count). The minimum absolute atomic E-state index is 0.185. The second kappa shape index (κ2) is 9.41.